The van der Waals surface area contributed by atoms with Gasteiger partial charge in [0.05, 0.1) is 24.2 Å². The van der Waals surface area contributed by atoms with Crippen LogP contribution in [0, 0.1) is 13.8 Å². The van der Waals surface area contributed by atoms with E-state index in [1.807, 2.05) is 27.7 Å². The highest BCUT2D eigenvalue weighted by molar-refractivity contribution is 7.92. The maximum absolute atomic E-state index is 13.3. The summed E-state index contributed by atoms with van der Waals surface area (Å²) in [6, 6.07) is 4.94. The van der Waals surface area contributed by atoms with Gasteiger partial charge in [-0.05, 0) is 63.2 Å². The minimum atomic E-state index is -3.95. The van der Waals surface area contributed by atoms with Crippen LogP contribution < -0.4 is 9.46 Å². The third-order valence-corrected chi connectivity index (χ3v) is 5.96. The topological polar surface area (TPSA) is 117 Å². The second kappa shape index (κ2) is 7.82. The van der Waals surface area contributed by atoms with Gasteiger partial charge in [0, 0.05) is 18.2 Å². The van der Waals surface area contributed by atoms with Gasteiger partial charge in [-0.2, -0.15) is 5.10 Å². The molecule has 0 bridgehead atoms. The Morgan fingerprint density at radius 2 is 1.97 bits per heavy atom. The lowest BCUT2D eigenvalue weighted by Crippen LogP contribution is -2.16. The second-order valence-electron chi connectivity index (χ2n) is 6.87. The van der Waals surface area contributed by atoms with E-state index in [4.69, 9.17) is 4.74 Å². The first kappa shape index (κ1) is 20.8. The van der Waals surface area contributed by atoms with Crippen molar-refractivity contribution in [1.82, 2.24) is 30.0 Å². The van der Waals surface area contributed by atoms with Crippen LogP contribution in [0.15, 0.2) is 23.1 Å². The highest BCUT2D eigenvalue weighted by atomic mass is 32.2. The number of benzene rings is 1. The summed E-state index contributed by atoms with van der Waals surface area (Å²) in [6.45, 7) is 10.0. The molecule has 2 aromatic heterocycles. The van der Waals surface area contributed by atoms with E-state index in [-0.39, 0.29) is 16.7 Å². The molecule has 0 aliphatic rings. The van der Waals surface area contributed by atoms with Gasteiger partial charge >= 0.3 is 0 Å². The van der Waals surface area contributed by atoms with Crippen molar-refractivity contribution in [2.24, 2.45) is 0 Å². The Hall–Kier alpha value is -2.95. The smallest absolute Gasteiger partial charge is 0.265 e. The van der Waals surface area contributed by atoms with Crippen molar-refractivity contribution in [2.75, 3.05) is 11.8 Å². The molecule has 3 rings (SSSR count). The first-order chi connectivity index (χ1) is 13.7. The normalized spacial score (nSPS) is 11.8. The van der Waals surface area contributed by atoms with Gasteiger partial charge in [0.25, 0.3) is 10.0 Å². The molecule has 1 aromatic carbocycles. The molecule has 0 saturated carbocycles. The van der Waals surface area contributed by atoms with E-state index in [1.54, 1.807) is 28.4 Å². The van der Waals surface area contributed by atoms with Crippen LogP contribution in [0.25, 0.3) is 11.4 Å². The predicted octanol–water partition coefficient (Wildman–Crippen LogP) is 2.56. The van der Waals surface area contributed by atoms with E-state index in [0.29, 0.717) is 29.3 Å². The van der Waals surface area contributed by atoms with Crippen molar-refractivity contribution in [2.45, 2.75) is 52.1 Å². The Bertz CT molecular complexity index is 1130. The summed E-state index contributed by atoms with van der Waals surface area (Å²) in [6.07, 6.45) is 0. The zero-order valence-electron chi connectivity index (χ0n) is 17.3. The number of hydrogen-bond acceptors (Lipinski definition) is 7. The predicted molar refractivity (Wildman–Crippen MR) is 108 cm³/mol. The van der Waals surface area contributed by atoms with Crippen LogP contribution in [-0.4, -0.2) is 45.5 Å². The van der Waals surface area contributed by atoms with Gasteiger partial charge in [0.2, 0.25) is 0 Å². The molecule has 0 amide bonds. The summed E-state index contributed by atoms with van der Waals surface area (Å²) in [7, 11) is -2.52. The average molecular weight is 420 g/mol. The van der Waals surface area contributed by atoms with Crippen molar-refractivity contribution < 1.29 is 13.2 Å². The molecule has 0 saturated heterocycles. The Morgan fingerprint density at radius 1 is 1.24 bits per heavy atom. The zero-order chi connectivity index (χ0) is 21.3. The molecule has 0 spiro atoms. The molecule has 2 heterocycles. The fourth-order valence-corrected chi connectivity index (χ4v) is 4.53. The number of rotatable bonds is 7. The van der Waals surface area contributed by atoms with Gasteiger partial charge in [0.1, 0.15) is 10.6 Å². The summed E-state index contributed by atoms with van der Waals surface area (Å²) >= 11 is 0. The third-order valence-electron chi connectivity index (χ3n) is 4.59. The lowest BCUT2D eigenvalue weighted by Gasteiger charge is -2.14. The summed E-state index contributed by atoms with van der Waals surface area (Å²) in [5.41, 5.74) is 2.38. The van der Waals surface area contributed by atoms with Crippen LogP contribution in [0.3, 0.4) is 0 Å². The van der Waals surface area contributed by atoms with Gasteiger partial charge in [0.15, 0.2) is 5.82 Å². The Morgan fingerprint density at radius 3 is 2.55 bits per heavy atom. The van der Waals surface area contributed by atoms with Crippen molar-refractivity contribution in [1.29, 1.82) is 0 Å². The number of nitrogens with one attached hydrogen (secondary N) is 1. The summed E-state index contributed by atoms with van der Waals surface area (Å²) < 4.78 is 37.9. The van der Waals surface area contributed by atoms with Crippen LogP contribution in [0.4, 0.5) is 5.69 Å². The molecule has 0 fully saturated rings. The Labute approximate surface area is 169 Å². The molecule has 0 unspecified atom stereocenters. The van der Waals surface area contributed by atoms with E-state index >= 15 is 0 Å². The number of aryl methyl sites for hydroxylation is 2. The number of sulfonamides is 1. The van der Waals surface area contributed by atoms with E-state index in [2.05, 4.69) is 25.3 Å². The highest BCUT2D eigenvalue weighted by Crippen LogP contribution is 2.32. The second-order valence-corrected chi connectivity index (χ2v) is 8.52. The lowest BCUT2D eigenvalue weighted by molar-refractivity contribution is 0.403. The number of nitrogens with zero attached hydrogens (tertiary/aromatic N) is 6. The van der Waals surface area contributed by atoms with E-state index in [0.717, 1.165) is 5.69 Å². The molecular formula is C18H25N7O3S. The highest BCUT2D eigenvalue weighted by Gasteiger charge is 2.25. The van der Waals surface area contributed by atoms with Crippen LogP contribution in [0.2, 0.25) is 0 Å². The Balaban J connectivity index is 2.08. The monoisotopic (exact) mass is 419 g/mol. The summed E-state index contributed by atoms with van der Waals surface area (Å²) in [4.78, 5) is -0.000694. The van der Waals surface area contributed by atoms with Gasteiger partial charge in [-0.25, -0.2) is 13.1 Å². The molecular weight excluding hydrogens is 394 g/mol. The lowest BCUT2D eigenvalue weighted by atomic mass is 10.2. The third kappa shape index (κ3) is 3.82. The minimum absolute atomic E-state index is 0.000694. The average Bonchev–Trinajstić information content (AvgIpc) is 3.27. The molecule has 0 radical (unpaired) electrons. The molecule has 0 atom stereocenters. The molecule has 10 nitrogen and oxygen atoms in total. The summed E-state index contributed by atoms with van der Waals surface area (Å²) in [5.74, 6) is 0.704. The molecule has 3 aromatic rings. The van der Waals surface area contributed by atoms with E-state index in [9.17, 15) is 8.42 Å². The summed E-state index contributed by atoms with van der Waals surface area (Å²) in [5, 5.41) is 16.0. The van der Waals surface area contributed by atoms with Crippen molar-refractivity contribution in [3.63, 3.8) is 0 Å². The molecule has 11 heteroatoms. The number of hydrogen-bond donors (Lipinski definition) is 1. The van der Waals surface area contributed by atoms with Crippen molar-refractivity contribution in [3.05, 3.63) is 29.6 Å². The SMILES string of the molecule is CCn1nnnc1-c1ccc(OC)c(S(=O)(=O)Nc2c(C)nn(C(C)C)c2C)c1. The standard InChI is InChI=1S/C18H25N7O3S/c1-7-24-18(19-22-23-24)14-8-9-15(28-6)16(10-14)29(26,27)21-17-12(4)20-25(11(2)3)13(17)5/h8-11,21H,7H2,1-6H3. The van der Waals surface area contributed by atoms with Crippen LogP contribution in [0.1, 0.15) is 38.2 Å². The van der Waals surface area contributed by atoms with E-state index < -0.39 is 10.0 Å². The van der Waals surface area contributed by atoms with Crippen LogP contribution in [0.5, 0.6) is 5.75 Å². The first-order valence-corrected chi connectivity index (χ1v) is 10.7. The number of tetrazole rings is 1. The molecule has 1 N–H and O–H groups in total. The number of methoxy groups -OCH3 is 1. The van der Waals surface area contributed by atoms with E-state index in [1.165, 1.54) is 13.2 Å². The fraction of sp³-hybridized carbons (Fsp3) is 0.444. The maximum atomic E-state index is 13.3. The number of ether oxygens (including phenoxy) is 1. The van der Waals surface area contributed by atoms with Gasteiger partial charge in [-0.3, -0.25) is 9.40 Å². The first-order valence-electron chi connectivity index (χ1n) is 9.22. The molecule has 0 aliphatic heterocycles. The minimum Gasteiger partial charge on any atom is -0.495 e. The Kier molecular flexibility index (Phi) is 5.60. The fourth-order valence-electron chi connectivity index (χ4n) is 3.15. The number of aromatic nitrogens is 6. The largest absolute Gasteiger partial charge is 0.495 e. The molecule has 29 heavy (non-hydrogen) atoms. The molecule has 0 aliphatic carbocycles. The quantitative estimate of drug-likeness (QED) is 0.625. The number of anilines is 1. The van der Waals surface area contributed by atoms with Crippen LogP contribution >= 0.6 is 0 Å². The van der Waals surface area contributed by atoms with Gasteiger partial charge in [-0.15, -0.1) is 5.10 Å². The van der Waals surface area contributed by atoms with Crippen molar-refractivity contribution >= 4 is 15.7 Å². The van der Waals surface area contributed by atoms with Gasteiger partial charge in [-0.1, -0.05) is 0 Å². The van der Waals surface area contributed by atoms with Gasteiger partial charge < -0.3 is 4.74 Å². The zero-order valence-corrected chi connectivity index (χ0v) is 18.1. The molecule has 156 valence electrons. The van der Waals surface area contributed by atoms with Crippen molar-refractivity contribution in [3.8, 4) is 17.1 Å². The van der Waals surface area contributed by atoms with Crippen LogP contribution in [-0.2, 0) is 16.6 Å². The maximum Gasteiger partial charge on any atom is 0.265 e.